The minimum Gasteiger partial charge on any atom is -0.496 e. The number of aliphatic hydroxyl groups is 1. The average molecular weight is 478 g/mol. The first-order chi connectivity index (χ1) is 17.1. The van der Waals surface area contributed by atoms with E-state index >= 15 is 0 Å². The van der Waals surface area contributed by atoms with E-state index in [1.807, 2.05) is 42.5 Å². The van der Waals surface area contributed by atoms with E-state index in [2.05, 4.69) is 20.2 Å². The molecule has 5 rings (SSSR count). The predicted molar refractivity (Wildman–Crippen MR) is 134 cm³/mol. The van der Waals surface area contributed by atoms with Gasteiger partial charge < -0.3 is 30.4 Å². The molecule has 2 aliphatic heterocycles. The van der Waals surface area contributed by atoms with Gasteiger partial charge in [0, 0.05) is 61.6 Å². The molecule has 4 N–H and O–H groups in total. The van der Waals surface area contributed by atoms with E-state index in [9.17, 15) is 5.11 Å². The van der Waals surface area contributed by atoms with Crippen LogP contribution in [0.25, 0.3) is 11.3 Å². The fourth-order valence-corrected chi connectivity index (χ4v) is 4.36. The lowest BCUT2D eigenvalue weighted by atomic mass is 10.1. The van der Waals surface area contributed by atoms with Crippen molar-refractivity contribution in [3.8, 4) is 22.8 Å². The monoisotopic (exact) mass is 477 g/mol. The number of likely N-dealkylation sites (tertiary alicyclic amines) is 1. The van der Waals surface area contributed by atoms with E-state index in [1.165, 1.54) is 0 Å². The van der Waals surface area contributed by atoms with Crippen LogP contribution in [-0.4, -0.2) is 65.6 Å². The minimum absolute atomic E-state index is 0.132. The van der Waals surface area contributed by atoms with Gasteiger partial charge in [-0.1, -0.05) is 6.07 Å². The summed E-state index contributed by atoms with van der Waals surface area (Å²) in [4.78, 5) is 11.2. The van der Waals surface area contributed by atoms with Crippen molar-refractivity contribution in [2.45, 2.75) is 31.6 Å². The molecule has 0 saturated carbocycles. The van der Waals surface area contributed by atoms with Gasteiger partial charge in [-0.25, -0.2) is 9.97 Å². The van der Waals surface area contributed by atoms with E-state index in [1.54, 1.807) is 13.3 Å². The van der Waals surface area contributed by atoms with E-state index in [0.717, 1.165) is 60.9 Å². The predicted octanol–water partition coefficient (Wildman–Crippen LogP) is 3.21. The van der Waals surface area contributed by atoms with Crippen LogP contribution < -0.4 is 20.5 Å². The fraction of sp³-hybridized carbons (Fsp3) is 0.385. The van der Waals surface area contributed by atoms with Gasteiger partial charge in [-0.15, -0.1) is 0 Å². The van der Waals surface area contributed by atoms with Crippen LogP contribution >= 0.6 is 0 Å². The number of ether oxygens (including phenoxy) is 3. The van der Waals surface area contributed by atoms with Crippen molar-refractivity contribution in [1.82, 2.24) is 14.9 Å². The number of aromatic nitrogens is 2. The molecule has 2 saturated heterocycles. The quantitative estimate of drug-likeness (QED) is 0.421. The SMILES string of the molecule is COc1cc(Nc2nccc(-c3ccc(OC4CCOCC4)c(N)c3)n2)ccc1CN1CC(O)C1. The Balaban J connectivity index is 1.28. The molecule has 0 spiro atoms. The van der Waals surface area contributed by atoms with Crippen LogP contribution in [0.4, 0.5) is 17.3 Å². The number of anilines is 3. The molecule has 184 valence electrons. The molecule has 0 amide bonds. The summed E-state index contributed by atoms with van der Waals surface area (Å²) >= 11 is 0. The first kappa shape index (κ1) is 23.3. The van der Waals surface area contributed by atoms with Gasteiger partial charge in [0.2, 0.25) is 5.95 Å². The van der Waals surface area contributed by atoms with Crippen molar-refractivity contribution < 1.29 is 19.3 Å². The Bertz CT molecular complexity index is 1160. The molecule has 9 nitrogen and oxygen atoms in total. The lowest BCUT2D eigenvalue weighted by molar-refractivity contribution is -0.00321. The van der Waals surface area contributed by atoms with Crippen molar-refractivity contribution in [3.05, 3.63) is 54.2 Å². The number of nitrogen functional groups attached to an aromatic ring is 1. The second-order valence-corrected chi connectivity index (χ2v) is 8.95. The lowest BCUT2D eigenvalue weighted by Gasteiger charge is -2.36. The van der Waals surface area contributed by atoms with Gasteiger partial charge in [0.1, 0.15) is 17.6 Å². The summed E-state index contributed by atoms with van der Waals surface area (Å²) < 4.78 is 17.1. The summed E-state index contributed by atoms with van der Waals surface area (Å²) in [6.07, 6.45) is 3.36. The van der Waals surface area contributed by atoms with Crippen molar-refractivity contribution in [3.63, 3.8) is 0 Å². The van der Waals surface area contributed by atoms with Crippen molar-refractivity contribution in [2.75, 3.05) is 44.5 Å². The fourth-order valence-electron chi connectivity index (χ4n) is 4.36. The third-order valence-electron chi connectivity index (χ3n) is 6.30. The normalized spacial score (nSPS) is 17.1. The Morgan fingerprint density at radius 2 is 1.94 bits per heavy atom. The number of nitrogens with one attached hydrogen (secondary N) is 1. The van der Waals surface area contributed by atoms with Crippen molar-refractivity contribution in [1.29, 1.82) is 0 Å². The third-order valence-corrected chi connectivity index (χ3v) is 6.30. The van der Waals surface area contributed by atoms with Crippen LogP contribution in [0.5, 0.6) is 11.5 Å². The maximum atomic E-state index is 9.52. The largest absolute Gasteiger partial charge is 0.496 e. The summed E-state index contributed by atoms with van der Waals surface area (Å²) in [6, 6.07) is 13.5. The summed E-state index contributed by atoms with van der Waals surface area (Å²) in [5.41, 5.74) is 10.4. The van der Waals surface area contributed by atoms with Crippen LogP contribution in [-0.2, 0) is 11.3 Å². The smallest absolute Gasteiger partial charge is 0.227 e. The number of aliphatic hydroxyl groups excluding tert-OH is 1. The number of rotatable bonds is 8. The van der Waals surface area contributed by atoms with Gasteiger partial charge in [0.15, 0.2) is 0 Å². The number of nitrogens with zero attached hydrogens (tertiary/aromatic N) is 3. The molecule has 2 fully saturated rings. The molecule has 9 heteroatoms. The molecule has 0 atom stereocenters. The van der Waals surface area contributed by atoms with Gasteiger partial charge >= 0.3 is 0 Å². The molecule has 3 aromatic rings. The molecular formula is C26H31N5O4. The third kappa shape index (κ3) is 5.64. The van der Waals surface area contributed by atoms with E-state index in [0.29, 0.717) is 30.5 Å². The average Bonchev–Trinajstić information content (AvgIpc) is 2.86. The topological polar surface area (TPSA) is 115 Å². The maximum absolute atomic E-state index is 9.52. The van der Waals surface area contributed by atoms with Crippen molar-refractivity contribution in [2.24, 2.45) is 0 Å². The second-order valence-electron chi connectivity index (χ2n) is 8.95. The number of β-amino-alcohol motifs (C(OH)–C–C–N with tert-alkyl or cyclic N) is 1. The Morgan fingerprint density at radius 3 is 2.69 bits per heavy atom. The highest BCUT2D eigenvalue weighted by molar-refractivity contribution is 5.69. The number of nitrogens with two attached hydrogens (primary N) is 1. The van der Waals surface area contributed by atoms with Crippen LogP contribution in [0.1, 0.15) is 18.4 Å². The first-order valence-electron chi connectivity index (χ1n) is 11.9. The Morgan fingerprint density at radius 1 is 1.11 bits per heavy atom. The summed E-state index contributed by atoms with van der Waals surface area (Å²) in [5, 5.41) is 12.8. The highest BCUT2D eigenvalue weighted by Gasteiger charge is 2.25. The highest BCUT2D eigenvalue weighted by Crippen LogP contribution is 2.31. The highest BCUT2D eigenvalue weighted by atomic mass is 16.5. The molecule has 1 aromatic heterocycles. The molecule has 0 aliphatic carbocycles. The first-order valence-corrected chi connectivity index (χ1v) is 11.9. The Kier molecular flexibility index (Phi) is 6.98. The number of hydrogen-bond donors (Lipinski definition) is 3. The van der Waals surface area contributed by atoms with E-state index in [4.69, 9.17) is 19.9 Å². The number of benzene rings is 2. The lowest BCUT2D eigenvalue weighted by Crippen LogP contribution is -2.49. The molecule has 2 aromatic carbocycles. The number of hydrogen-bond acceptors (Lipinski definition) is 9. The molecule has 3 heterocycles. The summed E-state index contributed by atoms with van der Waals surface area (Å²) in [6.45, 7) is 3.56. The number of methoxy groups -OCH3 is 1. The molecule has 0 radical (unpaired) electrons. The van der Waals surface area contributed by atoms with Gasteiger partial charge in [0.05, 0.1) is 37.8 Å². The van der Waals surface area contributed by atoms with Gasteiger partial charge in [0.25, 0.3) is 0 Å². The Hall–Kier alpha value is -3.40. The van der Waals surface area contributed by atoms with Crippen LogP contribution in [0.3, 0.4) is 0 Å². The van der Waals surface area contributed by atoms with Gasteiger partial charge in [-0.05, 0) is 30.3 Å². The maximum Gasteiger partial charge on any atom is 0.227 e. The standard InChI is InChI=1S/C26H31N5O4/c1-33-25-13-19(4-2-18(25)14-31-15-20(32)16-31)29-26-28-9-6-23(30-26)17-3-5-24(22(27)12-17)35-21-7-10-34-11-8-21/h2-6,9,12-13,20-21,32H,7-8,10-11,14-16,27H2,1H3,(H,28,29,30). The summed E-state index contributed by atoms with van der Waals surface area (Å²) in [5.74, 6) is 1.94. The Labute approximate surface area is 204 Å². The zero-order valence-corrected chi connectivity index (χ0v) is 19.8. The van der Waals surface area contributed by atoms with E-state index in [-0.39, 0.29) is 12.2 Å². The second kappa shape index (κ2) is 10.5. The minimum atomic E-state index is -0.225. The zero-order chi connectivity index (χ0) is 24.2. The molecule has 0 bridgehead atoms. The van der Waals surface area contributed by atoms with Crippen LogP contribution in [0.15, 0.2) is 48.7 Å². The molecule has 2 aliphatic rings. The van der Waals surface area contributed by atoms with Gasteiger partial charge in [-0.2, -0.15) is 0 Å². The molecule has 35 heavy (non-hydrogen) atoms. The molecular weight excluding hydrogens is 446 g/mol. The zero-order valence-electron chi connectivity index (χ0n) is 19.8. The van der Waals surface area contributed by atoms with Crippen LogP contribution in [0, 0.1) is 0 Å². The molecule has 0 unspecified atom stereocenters. The van der Waals surface area contributed by atoms with E-state index < -0.39 is 0 Å². The van der Waals surface area contributed by atoms with Gasteiger partial charge in [-0.3, -0.25) is 4.90 Å². The van der Waals surface area contributed by atoms with Crippen molar-refractivity contribution >= 4 is 17.3 Å². The van der Waals surface area contributed by atoms with Crippen LogP contribution in [0.2, 0.25) is 0 Å². The summed E-state index contributed by atoms with van der Waals surface area (Å²) in [7, 11) is 1.66.